The summed E-state index contributed by atoms with van der Waals surface area (Å²) in [5.41, 5.74) is 2.93. The Morgan fingerprint density at radius 3 is 2.53 bits per heavy atom. The summed E-state index contributed by atoms with van der Waals surface area (Å²) in [7, 11) is -1.12. The molecule has 0 spiro atoms. The zero-order valence-electron chi connectivity index (χ0n) is 21.4. The molecule has 0 bridgehead atoms. The summed E-state index contributed by atoms with van der Waals surface area (Å²) in [4.78, 5) is 13.0. The van der Waals surface area contributed by atoms with E-state index in [0.29, 0.717) is 33.0 Å². The molecule has 1 aliphatic rings. The number of hydrogen-bond donors (Lipinski definition) is 1. The van der Waals surface area contributed by atoms with Crippen LogP contribution in [0.5, 0.6) is 0 Å². The number of carbonyl (C=O) groups is 1. The average molecular weight is 575 g/mol. The summed E-state index contributed by atoms with van der Waals surface area (Å²) in [6, 6.07) is 15.6. The van der Waals surface area contributed by atoms with Gasteiger partial charge in [0, 0.05) is 54.8 Å². The summed E-state index contributed by atoms with van der Waals surface area (Å²) in [6.45, 7) is 10.2. The van der Waals surface area contributed by atoms with Gasteiger partial charge < -0.3 is 19.5 Å². The zero-order chi connectivity index (χ0) is 25.8. The third-order valence-electron chi connectivity index (χ3n) is 6.93. The minimum Gasteiger partial charge on any atom is -0.465 e. The van der Waals surface area contributed by atoms with Crippen LogP contribution in [0.2, 0.25) is 25.7 Å². The minimum atomic E-state index is -1.12. The first-order valence-electron chi connectivity index (χ1n) is 12.5. The van der Waals surface area contributed by atoms with Crippen molar-refractivity contribution in [3.63, 3.8) is 0 Å². The summed E-state index contributed by atoms with van der Waals surface area (Å²) in [5, 5.41) is 15.2. The quantitative estimate of drug-likeness (QED) is 0.226. The maximum atomic E-state index is 11.5. The lowest BCUT2D eigenvalue weighted by molar-refractivity contribution is 0.0371. The van der Waals surface area contributed by atoms with Crippen LogP contribution in [0.1, 0.15) is 24.0 Å². The molecule has 1 N–H and O–H groups in total. The standard InChI is InChI=1S/C27H36BrN3O4Si/c1-36(2,3)14-13-34-20-31-17-21-15-24(28)16-22(25(21)29-31)18-35-19-27(23-7-5-4-6-8-23)9-11-30(12-10-27)26(32)33/h4-8,15-17H,9-14,18-20H2,1-3H3,(H,32,33). The number of hydrogen-bond acceptors (Lipinski definition) is 4. The van der Waals surface area contributed by atoms with Crippen LogP contribution < -0.4 is 0 Å². The fraction of sp³-hybridized carbons (Fsp3) is 0.481. The first-order valence-corrected chi connectivity index (χ1v) is 17.0. The van der Waals surface area contributed by atoms with Crippen LogP contribution in [0.3, 0.4) is 0 Å². The highest BCUT2D eigenvalue weighted by molar-refractivity contribution is 9.10. The van der Waals surface area contributed by atoms with E-state index in [-0.39, 0.29) is 5.41 Å². The van der Waals surface area contributed by atoms with E-state index in [0.717, 1.165) is 46.4 Å². The van der Waals surface area contributed by atoms with Gasteiger partial charge in [0.15, 0.2) is 0 Å². The summed E-state index contributed by atoms with van der Waals surface area (Å²) in [6.07, 6.45) is 2.64. The van der Waals surface area contributed by atoms with Gasteiger partial charge in [0.05, 0.1) is 18.7 Å². The minimum absolute atomic E-state index is 0.206. The predicted octanol–water partition coefficient (Wildman–Crippen LogP) is 6.34. The second-order valence-electron chi connectivity index (χ2n) is 10.9. The van der Waals surface area contributed by atoms with Gasteiger partial charge >= 0.3 is 6.09 Å². The van der Waals surface area contributed by atoms with Crippen molar-refractivity contribution in [2.45, 2.75) is 57.3 Å². The lowest BCUT2D eigenvalue weighted by Gasteiger charge is -2.41. The molecule has 3 aromatic rings. The highest BCUT2D eigenvalue weighted by Gasteiger charge is 2.37. The Labute approximate surface area is 222 Å². The van der Waals surface area contributed by atoms with Crippen molar-refractivity contribution >= 4 is 41.0 Å². The Kier molecular flexibility index (Phi) is 8.54. The van der Waals surface area contributed by atoms with Crippen molar-refractivity contribution in [2.24, 2.45) is 0 Å². The lowest BCUT2D eigenvalue weighted by atomic mass is 9.73. The van der Waals surface area contributed by atoms with Gasteiger partial charge in [-0.1, -0.05) is 65.9 Å². The number of carboxylic acid groups (broad SMARTS) is 1. The monoisotopic (exact) mass is 573 g/mol. The Morgan fingerprint density at radius 2 is 1.86 bits per heavy atom. The number of amides is 1. The Morgan fingerprint density at radius 1 is 1.14 bits per heavy atom. The molecule has 9 heteroatoms. The number of aromatic nitrogens is 2. The molecule has 1 fully saturated rings. The summed E-state index contributed by atoms with van der Waals surface area (Å²) in [5.74, 6) is 0. The molecule has 2 aromatic carbocycles. The van der Waals surface area contributed by atoms with Crippen molar-refractivity contribution in [1.29, 1.82) is 0 Å². The fourth-order valence-corrected chi connectivity index (χ4v) is 6.00. The van der Waals surface area contributed by atoms with Crippen molar-refractivity contribution in [2.75, 3.05) is 26.3 Å². The average Bonchev–Trinajstić information content (AvgIpc) is 3.25. The number of rotatable bonds is 10. The van der Waals surface area contributed by atoms with E-state index < -0.39 is 14.2 Å². The van der Waals surface area contributed by atoms with E-state index in [1.165, 1.54) is 10.5 Å². The Hall–Kier alpha value is -2.20. The molecule has 194 valence electrons. The Balaban J connectivity index is 1.45. The van der Waals surface area contributed by atoms with Gasteiger partial charge in [0.25, 0.3) is 0 Å². The molecular formula is C27H36BrN3O4Si. The maximum absolute atomic E-state index is 11.5. The third-order valence-corrected chi connectivity index (χ3v) is 9.09. The maximum Gasteiger partial charge on any atom is 0.407 e. The largest absolute Gasteiger partial charge is 0.465 e. The lowest BCUT2D eigenvalue weighted by Crippen LogP contribution is -2.47. The number of ether oxygens (including phenoxy) is 2. The van der Waals surface area contributed by atoms with Crippen molar-refractivity contribution in [3.8, 4) is 0 Å². The van der Waals surface area contributed by atoms with E-state index in [9.17, 15) is 9.90 Å². The molecule has 0 aliphatic carbocycles. The van der Waals surface area contributed by atoms with Crippen molar-refractivity contribution < 1.29 is 19.4 Å². The molecule has 1 amide bonds. The summed E-state index contributed by atoms with van der Waals surface area (Å²) < 4.78 is 15.1. The molecule has 0 radical (unpaired) electrons. The first kappa shape index (κ1) is 26.8. The van der Waals surface area contributed by atoms with Crippen LogP contribution in [0.25, 0.3) is 10.9 Å². The number of nitrogens with zero attached hydrogens (tertiary/aromatic N) is 3. The van der Waals surface area contributed by atoms with Crippen molar-refractivity contribution in [3.05, 3.63) is 64.3 Å². The molecule has 1 saturated heterocycles. The molecular weight excluding hydrogens is 538 g/mol. The zero-order valence-corrected chi connectivity index (χ0v) is 24.0. The van der Waals surface area contributed by atoms with Gasteiger partial charge in [-0.25, -0.2) is 9.48 Å². The fourth-order valence-electron chi connectivity index (χ4n) is 4.72. The van der Waals surface area contributed by atoms with Gasteiger partial charge in [-0.3, -0.25) is 0 Å². The summed E-state index contributed by atoms with van der Waals surface area (Å²) >= 11 is 3.63. The molecule has 1 aliphatic heterocycles. The van der Waals surface area contributed by atoms with Crippen LogP contribution in [0, 0.1) is 0 Å². The van der Waals surface area contributed by atoms with Crippen LogP contribution >= 0.6 is 15.9 Å². The molecule has 2 heterocycles. The van der Waals surface area contributed by atoms with Crippen LogP contribution in [0.15, 0.2) is 53.1 Å². The van der Waals surface area contributed by atoms with Gasteiger partial charge in [-0.05, 0) is 36.6 Å². The third kappa shape index (κ3) is 6.76. The highest BCUT2D eigenvalue weighted by Crippen LogP contribution is 2.36. The SMILES string of the molecule is C[Si](C)(C)CCOCn1cc2cc(Br)cc(COCC3(c4ccccc4)CCN(C(=O)O)CC3)c2n1. The Bertz CT molecular complexity index is 1170. The second kappa shape index (κ2) is 11.5. The van der Waals surface area contributed by atoms with Crippen LogP contribution in [-0.4, -0.2) is 60.3 Å². The predicted molar refractivity (Wildman–Crippen MR) is 148 cm³/mol. The van der Waals surface area contributed by atoms with Gasteiger partial charge in [-0.2, -0.15) is 5.10 Å². The number of piperidine rings is 1. The first-order chi connectivity index (χ1) is 17.2. The number of halogens is 1. The molecule has 0 atom stereocenters. The molecule has 0 saturated carbocycles. The van der Waals surface area contributed by atoms with Crippen LogP contribution in [0.4, 0.5) is 4.79 Å². The second-order valence-corrected chi connectivity index (χ2v) is 17.5. The van der Waals surface area contributed by atoms with Gasteiger partial charge in [0.2, 0.25) is 0 Å². The van der Waals surface area contributed by atoms with Gasteiger partial charge in [-0.15, -0.1) is 0 Å². The molecule has 0 unspecified atom stereocenters. The number of fused-ring (bicyclic) bond motifs is 1. The number of benzene rings is 2. The van der Waals surface area contributed by atoms with E-state index in [1.54, 1.807) is 0 Å². The topological polar surface area (TPSA) is 76.8 Å². The highest BCUT2D eigenvalue weighted by atomic mass is 79.9. The molecule has 36 heavy (non-hydrogen) atoms. The molecule has 1 aromatic heterocycles. The molecule has 7 nitrogen and oxygen atoms in total. The van der Waals surface area contributed by atoms with E-state index >= 15 is 0 Å². The van der Waals surface area contributed by atoms with E-state index in [2.05, 4.69) is 59.8 Å². The van der Waals surface area contributed by atoms with Crippen LogP contribution in [-0.2, 0) is 28.2 Å². The van der Waals surface area contributed by atoms with E-state index in [1.807, 2.05) is 29.1 Å². The van der Waals surface area contributed by atoms with E-state index in [4.69, 9.17) is 14.6 Å². The molecule has 4 rings (SSSR count). The van der Waals surface area contributed by atoms with Gasteiger partial charge in [0.1, 0.15) is 6.73 Å². The number of likely N-dealkylation sites (tertiary alicyclic amines) is 1. The normalized spacial score (nSPS) is 15.9. The smallest absolute Gasteiger partial charge is 0.407 e. The van der Waals surface area contributed by atoms with Crippen molar-refractivity contribution in [1.82, 2.24) is 14.7 Å².